The topological polar surface area (TPSA) is 37.2 Å². The number of aliphatic hydroxyl groups is 1. The average molecular weight is 323 g/mol. The predicted octanol–water partition coefficient (Wildman–Crippen LogP) is 3.29. The first-order valence-corrected chi connectivity index (χ1v) is 7.61. The number of fused-ring (bicyclic) bond motifs is 1. The smallest absolute Gasteiger partial charge is 0.0949 e. The van der Waals surface area contributed by atoms with Crippen molar-refractivity contribution in [1.29, 1.82) is 0 Å². The van der Waals surface area contributed by atoms with Crippen molar-refractivity contribution >= 4 is 34.6 Å². The zero-order chi connectivity index (χ0) is 13.9. The summed E-state index contributed by atoms with van der Waals surface area (Å²) >= 11 is 1.68. The highest BCUT2D eigenvalue weighted by Crippen LogP contribution is 2.30. The zero-order valence-electron chi connectivity index (χ0n) is 11.8. The highest BCUT2D eigenvalue weighted by atomic mass is 35.5. The van der Waals surface area contributed by atoms with E-state index in [1.165, 1.54) is 10.3 Å². The molecular formula is C16H19ClN2OS. The van der Waals surface area contributed by atoms with Crippen LogP contribution in [0.4, 0.5) is 0 Å². The lowest BCUT2D eigenvalue weighted by molar-refractivity contribution is 0.134. The van der Waals surface area contributed by atoms with Crippen LogP contribution >= 0.6 is 23.7 Å². The lowest BCUT2D eigenvalue weighted by Gasteiger charge is -2.24. The summed E-state index contributed by atoms with van der Waals surface area (Å²) in [5.41, 5.74) is 1.15. The second-order valence-electron chi connectivity index (χ2n) is 4.87. The van der Waals surface area contributed by atoms with Gasteiger partial charge in [-0.25, -0.2) is 0 Å². The van der Waals surface area contributed by atoms with E-state index in [2.05, 4.69) is 45.7 Å². The number of nitrogens with zero attached hydrogens (tertiary/aromatic N) is 1. The molecule has 0 amide bonds. The molecule has 0 saturated carbocycles. The van der Waals surface area contributed by atoms with Crippen LogP contribution in [0.25, 0.3) is 10.9 Å². The van der Waals surface area contributed by atoms with Gasteiger partial charge in [0.05, 0.1) is 12.1 Å². The highest BCUT2D eigenvalue weighted by Gasteiger charge is 2.24. The van der Waals surface area contributed by atoms with E-state index in [0.29, 0.717) is 6.54 Å². The summed E-state index contributed by atoms with van der Waals surface area (Å²) < 4.78 is 2.17. The number of aromatic nitrogens is 1. The molecular weight excluding hydrogens is 304 g/mol. The molecule has 3 aromatic rings. The first-order valence-electron chi connectivity index (χ1n) is 6.73. The molecule has 112 valence electrons. The van der Waals surface area contributed by atoms with Crippen molar-refractivity contribution in [2.45, 2.75) is 12.1 Å². The normalized spacial score (nSPS) is 13.8. The lowest BCUT2D eigenvalue weighted by Crippen LogP contribution is -2.32. The highest BCUT2D eigenvalue weighted by molar-refractivity contribution is 7.10. The van der Waals surface area contributed by atoms with Crippen molar-refractivity contribution in [3.05, 3.63) is 58.9 Å². The molecule has 0 aliphatic heterocycles. The fraction of sp³-hybridized carbons (Fsp3) is 0.250. The summed E-state index contributed by atoms with van der Waals surface area (Å²) in [4.78, 5) is 1.18. The molecule has 2 heterocycles. The minimum Gasteiger partial charge on any atom is -0.389 e. The Balaban J connectivity index is 0.00000161. The van der Waals surface area contributed by atoms with Gasteiger partial charge in [0.1, 0.15) is 0 Å². The number of nitrogens with one attached hydrogen (secondary N) is 1. The number of thiophene rings is 1. The standard InChI is InChI=1S/C16H18N2OS.ClH/c1-17-11-14(19)16(15-7-4-10-20-15)18-9-8-12-5-2-3-6-13(12)18;/h2-10,14,16-17,19H,11H2,1H3;1H/t14-,16-;/m1./s1. The van der Waals surface area contributed by atoms with Gasteiger partial charge in [0.25, 0.3) is 0 Å². The Morgan fingerprint density at radius 2 is 2.00 bits per heavy atom. The maximum absolute atomic E-state index is 10.5. The molecule has 0 bridgehead atoms. The fourth-order valence-electron chi connectivity index (χ4n) is 2.64. The van der Waals surface area contributed by atoms with E-state index in [0.717, 1.165) is 5.52 Å². The summed E-state index contributed by atoms with van der Waals surface area (Å²) in [6.45, 7) is 0.565. The van der Waals surface area contributed by atoms with Crippen LogP contribution in [-0.4, -0.2) is 29.4 Å². The Morgan fingerprint density at radius 3 is 2.71 bits per heavy atom. The average Bonchev–Trinajstić information content (AvgIpc) is 3.10. The molecule has 5 heteroatoms. The predicted molar refractivity (Wildman–Crippen MR) is 91.6 cm³/mol. The van der Waals surface area contributed by atoms with Crippen LogP contribution in [-0.2, 0) is 0 Å². The van der Waals surface area contributed by atoms with Gasteiger partial charge in [-0.1, -0.05) is 24.3 Å². The van der Waals surface area contributed by atoms with Gasteiger partial charge in [-0.2, -0.15) is 0 Å². The molecule has 0 unspecified atom stereocenters. The molecule has 2 N–H and O–H groups in total. The molecule has 2 aromatic heterocycles. The summed E-state index contributed by atoms with van der Waals surface area (Å²) in [5.74, 6) is 0. The number of halogens is 1. The first kappa shape index (κ1) is 16.0. The van der Waals surface area contributed by atoms with E-state index in [1.807, 2.05) is 25.2 Å². The van der Waals surface area contributed by atoms with Gasteiger partial charge in [-0.15, -0.1) is 23.7 Å². The molecule has 3 nitrogen and oxygen atoms in total. The molecule has 0 aliphatic carbocycles. The number of para-hydroxylation sites is 1. The Labute approximate surface area is 134 Å². The van der Waals surface area contributed by atoms with Gasteiger partial charge in [0, 0.05) is 23.1 Å². The maximum Gasteiger partial charge on any atom is 0.0949 e. The number of hydrogen-bond acceptors (Lipinski definition) is 3. The van der Waals surface area contributed by atoms with Crippen molar-refractivity contribution in [3.63, 3.8) is 0 Å². The molecule has 3 rings (SSSR count). The lowest BCUT2D eigenvalue weighted by atomic mass is 10.1. The van der Waals surface area contributed by atoms with E-state index in [1.54, 1.807) is 11.3 Å². The zero-order valence-corrected chi connectivity index (χ0v) is 13.4. The molecule has 0 aliphatic rings. The van der Waals surface area contributed by atoms with Crippen molar-refractivity contribution < 1.29 is 5.11 Å². The second-order valence-corrected chi connectivity index (χ2v) is 5.85. The summed E-state index contributed by atoms with van der Waals surface area (Å²) in [7, 11) is 1.86. The van der Waals surface area contributed by atoms with Crippen LogP contribution in [0, 0.1) is 0 Å². The quantitative estimate of drug-likeness (QED) is 0.756. The van der Waals surface area contributed by atoms with Crippen LogP contribution in [0.5, 0.6) is 0 Å². The van der Waals surface area contributed by atoms with Gasteiger partial charge in [-0.3, -0.25) is 0 Å². The van der Waals surface area contributed by atoms with Crippen molar-refractivity contribution in [2.75, 3.05) is 13.6 Å². The minimum atomic E-state index is -0.463. The Bertz CT molecular complexity index is 680. The van der Waals surface area contributed by atoms with Crippen LogP contribution in [0.2, 0.25) is 0 Å². The van der Waals surface area contributed by atoms with Crippen molar-refractivity contribution in [1.82, 2.24) is 9.88 Å². The fourth-order valence-corrected chi connectivity index (χ4v) is 3.52. The summed E-state index contributed by atoms with van der Waals surface area (Å²) in [6, 6.07) is 14.4. The van der Waals surface area contributed by atoms with Crippen molar-refractivity contribution in [2.24, 2.45) is 0 Å². The number of hydrogen-bond donors (Lipinski definition) is 2. The Kier molecular flexibility index (Phi) is 5.42. The van der Waals surface area contributed by atoms with Gasteiger partial charge in [0.2, 0.25) is 0 Å². The van der Waals surface area contributed by atoms with E-state index in [9.17, 15) is 5.11 Å². The van der Waals surface area contributed by atoms with Gasteiger partial charge in [-0.05, 0) is 36.0 Å². The second kappa shape index (κ2) is 7.09. The monoisotopic (exact) mass is 322 g/mol. The third kappa shape index (κ3) is 3.14. The Hall–Kier alpha value is -1.33. The van der Waals surface area contributed by atoms with Crippen LogP contribution in [0.15, 0.2) is 54.0 Å². The summed E-state index contributed by atoms with van der Waals surface area (Å²) in [5, 5.41) is 16.9. The molecule has 21 heavy (non-hydrogen) atoms. The Morgan fingerprint density at radius 1 is 1.19 bits per heavy atom. The van der Waals surface area contributed by atoms with Gasteiger partial charge < -0.3 is 15.0 Å². The first-order chi connectivity index (χ1) is 9.81. The van der Waals surface area contributed by atoms with E-state index < -0.39 is 6.10 Å². The molecule has 0 radical (unpaired) electrons. The number of benzene rings is 1. The number of rotatable bonds is 5. The molecule has 0 fully saturated rings. The summed E-state index contributed by atoms with van der Waals surface area (Å²) in [6.07, 6.45) is 1.60. The van der Waals surface area contributed by atoms with Crippen LogP contribution < -0.4 is 5.32 Å². The van der Waals surface area contributed by atoms with Crippen LogP contribution in [0.3, 0.4) is 0 Å². The maximum atomic E-state index is 10.5. The molecule has 2 atom stereocenters. The number of aliphatic hydroxyl groups excluding tert-OH is 1. The largest absolute Gasteiger partial charge is 0.389 e. The van der Waals surface area contributed by atoms with E-state index in [4.69, 9.17) is 0 Å². The molecule has 0 saturated heterocycles. The van der Waals surface area contributed by atoms with Crippen LogP contribution in [0.1, 0.15) is 10.9 Å². The third-order valence-electron chi connectivity index (χ3n) is 3.54. The van der Waals surface area contributed by atoms with Gasteiger partial charge >= 0.3 is 0 Å². The van der Waals surface area contributed by atoms with Gasteiger partial charge in [0.15, 0.2) is 0 Å². The van der Waals surface area contributed by atoms with Crippen molar-refractivity contribution in [3.8, 4) is 0 Å². The third-order valence-corrected chi connectivity index (χ3v) is 4.48. The SMILES string of the molecule is CNC[C@@H](O)[C@H](c1cccs1)n1ccc2ccccc21.Cl. The van der Waals surface area contributed by atoms with E-state index in [-0.39, 0.29) is 18.4 Å². The molecule has 0 spiro atoms. The van der Waals surface area contributed by atoms with E-state index >= 15 is 0 Å². The molecule has 1 aromatic carbocycles. The minimum absolute atomic E-state index is 0. The number of likely N-dealkylation sites (N-methyl/N-ethyl adjacent to an activating group) is 1.